The van der Waals surface area contributed by atoms with Crippen molar-refractivity contribution in [3.05, 3.63) is 57.6 Å². The van der Waals surface area contributed by atoms with Crippen LogP contribution in [0.2, 0.25) is 5.02 Å². The molecule has 0 amide bonds. The molecule has 90 valence electrons. The van der Waals surface area contributed by atoms with Crippen LogP contribution in [0.3, 0.4) is 0 Å². The molecular formula is C16H14ClN. The summed E-state index contributed by atoms with van der Waals surface area (Å²) >= 11 is 6.27. The molecule has 1 nitrogen and oxygen atoms in total. The summed E-state index contributed by atoms with van der Waals surface area (Å²) in [5, 5.41) is 9.95. The van der Waals surface area contributed by atoms with Crippen molar-refractivity contribution in [1.82, 2.24) is 0 Å². The molecule has 2 aromatic rings. The van der Waals surface area contributed by atoms with Crippen molar-refractivity contribution >= 4 is 11.6 Å². The predicted octanol–water partition coefficient (Wildman–Crippen LogP) is 4.80. The maximum absolute atomic E-state index is 9.26. The van der Waals surface area contributed by atoms with Crippen molar-refractivity contribution in [2.24, 2.45) is 0 Å². The highest BCUT2D eigenvalue weighted by molar-refractivity contribution is 6.33. The lowest BCUT2D eigenvalue weighted by Crippen LogP contribution is -1.93. The zero-order valence-electron chi connectivity index (χ0n) is 10.7. The molecule has 0 N–H and O–H groups in total. The van der Waals surface area contributed by atoms with Crippen LogP contribution in [0.1, 0.15) is 22.3 Å². The average Bonchev–Trinajstić information content (AvgIpc) is 2.36. The summed E-state index contributed by atoms with van der Waals surface area (Å²) < 4.78 is 0. The summed E-state index contributed by atoms with van der Waals surface area (Å²) in [5.41, 5.74) is 5.98. The summed E-state index contributed by atoms with van der Waals surface area (Å²) in [6, 6.07) is 12.0. The summed E-state index contributed by atoms with van der Waals surface area (Å²) in [6.45, 7) is 6.10. The molecular weight excluding hydrogens is 242 g/mol. The fraction of sp³-hybridized carbons (Fsp3) is 0.188. The minimum Gasteiger partial charge on any atom is -0.192 e. The molecule has 2 aromatic carbocycles. The summed E-state index contributed by atoms with van der Waals surface area (Å²) in [6.07, 6.45) is 0. The number of halogens is 1. The molecule has 2 rings (SSSR count). The van der Waals surface area contributed by atoms with Gasteiger partial charge >= 0.3 is 0 Å². The minimum absolute atomic E-state index is 0.672. The van der Waals surface area contributed by atoms with Gasteiger partial charge in [0, 0.05) is 16.1 Å². The first-order chi connectivity index (χ1) is 8.54. The van der Waals surface area contributed by atoms with E-state index in [4.69, 9.17) is 11.6 Å². The normalized spacial score (nSPS) is 10.2. The highest BCUT2D eigenvalue weighted by Gasteiger charge is 2.13. The summed E-state index contributed by atoms with van der Waals surface area (Å²) in [4.78, 5) is 0. The van der Waals surface area contributed by atoms with Gasteiger partial charge in [-0.25, -0.2) is 0 Å². The Hall–Kier alpha value is -1.78. The van der Waals surface area contributed by atoms with Gasteiger partial charge in [0.2, 0.25) is 0 Å². The maximum Gasteiger partial charge on any atom is 0.0998 e. The van der Waals surface area contributed by atoms with Gasteiger partial charge in [0.25, 0.3) is 0 Å². The monoisotopic (exact) mass is 255 g/mol. The number of nitriles is 1. The standard InChI is InChI=1S/C16H14ClN/c1-10-4-7-15(17)14(8-10)16-12(3)11(2)5-6-13(16)9-18/h4-8H,1-3H3. The molecule has 0 radical (unpaired) electrons. The fourth-order valence-electron chi connectivity index (χ4n) is 2.09. The Balaban J connectivity index is 2.82. The van der Waals surface area contributed by atoms with Crippen molar-refractivity contribution in [2.75, 3.05) is 0 Å². The van der Waals surface area contributed by atoms with Gasteiger partial charge in [0.1, 0.15) is 0 Å². The van der Waals surface area contributed by atoms with E-state index >= 15 is 0 Å². The highest BCUT2D eigenvalue weighted by Crippen LogP contribution is 2.34. The Labute approximate surface area is 113 Å². The van der Waals surface area contributed by atoms with E-state index in [1.165, 1.54) is 5.56 Å². The van der Waals surface area contributed by atoms with Gasteiger partial charge in [-0.15, -0.1) is 0 Å². The van der Waals surface area contributed by atoms with Gasteiger partial charge in [-0.05, 0) is 50.1 Å². The molecule has 0 saturated heterocycles. The van der Waals surface area contributed by atoms with E-state index in [9.17, 15) is 5.26 Å². The third-order valence-electron chi connectivity index (χ3n) is 3.25. The van der Waals surface area contributed by atoms with Crippen LogP contribution in [-0.4, -0.2) is 0 Å². The number of nitrogens with zero attached hydrogens (tertiary/aromatic N) is 1. The van der Waals surface area contributed by atoms with Crippen LogP contribution < -0.4 is 0 Å². The second-order valence-corrected chi connectivity index (χ2v) is 4.93. The highest BCUT2D eigenvalue weighted by atomic mass is 35.5. The molecule has 0 fully saturated rings. The van der Waals surface area contributed by atoms with E-state index < -0.39 is 0 Å². The van der Waals surface area contributed by atoms with Crippen LogP contribution in [0.25, 0.3) is 11.1 Å². The summed E-state index contributed by atoms with van der Waals surface area (Å²) in [7, 11) is 0. The van der Waals surface area contributed by atoms with Crippen LogP contribution in [-0.2, 0) is 0 Å². The fourth-order valence-corrected chi connectivity index (χ4v) is 2.30. The largest absolute Gasteiger partial charge is 0.192 e. The van der Waals surface area contributed by atoms with Crippen LogP contribution in [0.15, 0.2) is 30.3 Å². The van der Waals surface area contributed by atoms with Crippen molar-refractivity contribution in [3.8, 4) is 17.2 Å². The molecule has 0 aromatic heterocycles. The van der Waals surface area contributed by atoms with Gasteiger partial charge in [-0.3, -0.25) is 0 Å². The van der Waals surface area contributed by atoms with Gasteiger partial charge in [-0.1, -0.05) is 29.3 Å². The van der Waals surface area contributed by atoms with Crippen LogP contribution >= 0.6 is 11.6 Å². The van der Waals surface area contributed by atoms with Crippen molar-refractivity contribution in [1.29, 1.82) is 5.26 Å². The van der Waals surface area contributed by atoms with Gasteiger partial charge < -0.3 is 0 Å². The Morgan fingerprint density at radius 3 is 2.44 bits per heavy atom. The first-order valence-electron chi connectivity index (χ1n) is 5.81. The molecule has 18 heavy (non-hydrogen) atoms. The number of rotatable bonds is 1. The van der Waals surface area contributed by atoms with Crippen molar-refractivity contribution in [3.63, 3.8) is 0 Å². The van der Waals surface area contributed by atoms with E-state index in [1.54, 1.807) is 0 Å². The summed E-state index contributed by atoms with van der Waals surface area (Å²) in [5.74, 6) is 0. The number of hydrogen-bond acceptors (Lipinski definition) is 1. The first-order valence-corrected chi connectivity index (χ1v) is 6.19. The molecule has 0 unspecified atom stereocenters. The Bertz CT molecular complexity index is 651. The zero-order chi connectivity index (χ0) is 13.3. The number of benzene rings is 2. The average molecular weight is 256 g/mol. The molecule has 0 atom stereocenters. The van der Waals surface area contributed by atoms with E-state index in [2.05, 4.69) is 6.07 Å². The lowest BCUT2D eigenvalue weighted by atomic mass is 9.92. The Morgan fingerprint density at radius 1 is 1.06 bits per heavy atom. The third-order valence-corrected chi connectivity index (χ3v) is 3.58. The van der Waals surface area contributed by atoms with Crippen LogP contribution in [0.4, 0.5) is 0 Å². The molecule has 2 heteroatoms. The smallest absolute Gasteiger partial charge is 0.0998 e. The number of hydrogen-bond donors (Lipinski definition) is 0. The Kier molecular flexibility index (Phi) is 3.41. The SMILES string of the molecule is Cc1ccc(Cl)c(-c2c(C#N)ccc(C)c2C)c1. The van der Waals surface area contributed by atoms with Gasteiger partial charge in [-0.2, -0.15) is 5.26 Å². The van der Waals surface area contributed by atoms with Crippen LogP contribution in [0, 0.1) is 32.1 Å². The van der Waals surface area contributed by atoms with E-state index in [-0.39, 0.29) is 0 Å². The lowest BCUT2D eigenvalue weighted by Gasteiger charge is -2.13. The second kappa shape index (κ2) is 4.84. The van der Waals surface area contributed by atoms with E-state index in [1.807, 2.05) is 51.1 Å². The molecule has 0 spiro atoms. The zero-order valence-corrected chi connectivity index (χ0v) is 11.5. The van der Waals surface area contributed by atoms with Crippen molar-refractivity contribution in [2.45, 2.75) is 20.8 Å². The topological polar surface area (TPSA) is 23.8 Å². The van der Waals surface area contributed by atoms with Gasteiger partial charge in [0.05, 0.1) is 11.6 Å². The van der Waals surface area contributed by atoms with E-state index in [0.29, 0.717) is 10.6 Å². The van der Waals surface area contributed by atoms with E-state index in [0.717, 1.165) is 22.3 Å². The first kappa shape index (κ1) is 12.7. The molecule has 0 saturated carbocycles. The Morgan fingerprint density at radius 2 is 1.78 bits per heavy atom. The molecule has 0 aliphatic heterocycles. The second-order valence-electron chi connectivity index (χ2n) is 4.53. The molecule has 0 bridgehead atoms. The molecule has 0 aliphatic rings. The maximum atomic E-state index is 9.26. The van der Waals surface area contributed by atoms with Gasteiger partial charge in [0.15, 0.2) is 0 Å². The number of aryl methyl sites for hydroxylation is 2. The third kappa shape index (κ3) is 2.12. The molecule has 0 aliphatic carbocycles. The predicted molar refractivity (Wildman–Crippen MR) is 75.8 cm³/mol. The van der Waals surface area contributed by atoms with Crippen molar-refractivity contribution < 1.29 is 0 Å². The minimum atomic E-state index is 0.672. The molecule has 0 heterocycles. The lowest BCUT2D eigenvalue weighted by molar-refractivity contribution is 1.32. The quantitative estimate of drug-likeness (QED) is 0.718. The van der Waals surface area contributed by atoms with Crippen LogP contribution in [0.5, 0.6) is 0 Å².